The van der Waals surface area contributed by atoms with Gasteiger partial charge in [-0.05, 0) is 23.3 Å². The van der Waals surface area contributed by atoms with Crippen LogP contribution in [-0.4, -0.2) is 34.9 Å². The molecule has 0 aliphatic carbocycles. The summed E-state index contributed by atoms with van der Waals surface area (Å²) >= 11 is 0. The van der Waals surface area contributed by atoms with Crippen LogP contribution in [-0.2, 0) is 17.8 Å². The van der Waals surface area contributed by atoms with Crippen LogP contribution in [0.4, 0.5) is 0 Å². The molecule has 0 radical (unpaired) electrons. The van der Waals surface area contributed by atoms with Crippen molar-refractivity contribution >= 4 is 17.8 Å². The van der Waals surface area contributed by atoms with Crippen LogP contribution >= 0.6 is 0 Å². The number of carbonyl (C=O) groups is 3. The van der Waals surface area contributed by atoms with E-state index in [0.717, 1.165) is 11.9 Å². The standard InChI is InChI=1S/C22H20N4O4/c1-30-22(29)17-9-7-16(8-10-17)13-24-21(28)19-11-18(25-14-26-19)20(27)23-12-15-5-3-2-4-6-15/h2-11,14H,12-13H2,1H3,(H,23,27)(H,24,28)/i13D2. The van der Waals surface area contributed by atoms with Crippen LogP contribution in [0.15, 0.2) is 67.0 Å². The Kier molecular flexibility index (Phi) is 5.95. The van der Waals surface area contributed by atoms with Crippen LogP contribution < -0.4 is 10.6 Å². The maximum absolute atomic E-state index is 12.6. The molecule has 2 aromatic carbocycles. The number of aromatic nitrogens is 2. The number of nitrogens with one attached hydrogen (secondary N) is 2. The van der Waals surface area contributed by atoms with Crippen molar-refractivity contribution in [3.8, 4) is 0 Å². The van der Waals surface area contributed by atoms with Crippen molar-refractivity contribution < 1.29 is 21.9 Å². The van der Waals surface area contributed by atoms with Gasteiger partial charge < -0.3 is 15.4 Å². The first kappa shape index (κ1) is 18.0. The summed E-state index contributed by atoms with van der Waals surface area (Å²) in [7, 11) is 1.24. The van der Waals surface area contributed by atoms with Crippen LogP contribution in [0.2, 0.25) is 0 Å². The van der Waals surface area contributed by atoms with E-state index in [1.54, 1.807) is 0 Å². The van der Waals surface area contributed by atoms with Crippen molar-refractivity contribution in [3.05, 3.63) is 95.1 Å². The molecule has 8 heteroatoms. The summed E-state index contributed by atoms with van der Waals surface area (Å²) in [6, 6.07) is 16.0. The maximum Gasteiger partial charge on any atom is 0.337 e. The third-order valence-corrected chi connectivity index (χ3v) is 4.05. The van der Waals surface area contributed by atoms with Gasteiger partial charge in [-0.2, -0.15) is 0 Å². The summed E-state index contributed by atoms with van der Waals surface area (Å²) in [4.78, 5) is 44.2. The number of nitrogens with zero attached hydrogens (tertiary/aromatic N) is 2. The summed E-state index contributed by atoms with van der Waals surface area (Å²) in [5.41, 5.74) is 1.08. The Bertz CT molecular complexity index is 1120. The lowest BCUT2D eigenvalue weighted by Gasteiger charge is -2.07. The highest BCUT2D eigenvalue weighted by Gasteiger charge is 2.13. The molecule has 0 saturated carbocycles. The van der Waals surface area contributed by atoms with Crippen LogP contribution in [0, 0.1) is 0 Å². The van der Waals surface area contributed by atoms with Gasteiger partial charge in [-0.3, -0.25) is 9.59 Å². The SMILES string of the molecule is [2H]C([2H])(NC(=O)c1cc(C(=O)NCc2ccccc2)ncn1)c1ccc(C(=O)OC)cc1. The fraction of sp³-hybridized carbons (Fsp3) is 0.136. The van der Waals surface area contributed by atoms with Gasteiger partial charge in [0.15, 0.2) is 0 Å². The van der Waals surface area contributed by atoms with E-state index in [4.69, 9.17) is 2.74 Å². The predicted molar refractivity (Wildman–Crippen MR) is 109 cm³/mol. The largest absolute Gasteiger partial charge is 0.465 e. The Morgan fingerprint density at radius 3 is 2.17 bits per heavy atom. The number of amides is 2. The van der Waals surface area contributed by atoms with Gasteiger partial charge in [-0.25, -0.2) is 14.8 Å². The molecule has 0 atom stereocenters. The number of ether oxygens (including phenoxy) is 1. The Morgan fingerprint density at radius 2 is 1.53 bits per heavy atom. The molecule has 152 valence electrons. The lowest BCUT2D eigenvalue weighted by atomic mass is 10.1. The first-order chi connectivity index (χ1) is 15.3. The molecule has 2 N–H and O–H groups in total. The van der Waals surface area contributed by atoms with Gasteiger partial charge in [0.1, 0.15) is 17.7 Å². The van der Waals surface area contributed by atoms with E-state index >= 15 is 0 Å². The second kappa shape index (κ2) is 9.92. The number of esters is 1. The molecule has 30 heavy (non-hydrogen) atoms. The van der Waals surface area contributed by atoms with E-state index in [1.807, 2.05) is 30.3 Å². The number of carbonyl (C=O) groups excluding carboxylic acids is 3. The third-order valence-electron chi connectivity index (χ3n) is 4.05. The van der Waals surface area contributed by atoms with Crippen LogP contribution in [0.5, 0.6) is 0 Å². The molecule has 0 saturated heterocycles. The van der Waals surface area contributed by atoms with Gasteiger partial charge in [0.25, 0.3) is 11.8 Å². The lowest BCUT2D eigenvalue weighted by molar-refractivity contribution is 0.0600. The molecule has 1 heterocycles. The molecule has 3 aromatic rings. The molecule has 0 bridgehead atoms. The normalized spacial score (nSPS) is 11.6. The highest BCUT2D eigenvalue weighted by Crippen LogP contribution is 2.06. The minimum Gasteiger partial charge on any atom is -0.465 e. The first-order valence-electron chi connectivity index (χ1n) is 9.95. The summed E-state index contributed by atoms with van der Waals surface area (Å²) in [6.07, 6.45) is 1.06. The summed E-state index contributed by atoms with van der Waals surface area (Å²) in [5.74, 6) is -1.88. The first-order valence-corrected chi connectivity index (χ1v) is 8.95. The molecule has 1 aromatic heterocycles. The molecule has 8 nitrogen and oxygen atoms in total. The maximum atomic E-state index is 12.6. The molecule has 3 rings (SSSR count). The van der Waals surface area contributed by atoms with Crippen molar-refractivity contribution in [3.63, 3.8) is 0 Å². The van der Waals surface area contributed by atoms with Gasteiger partial charge in [0.05, 0.1) is 15.4 Å². The molecule has 0 aliphatic heterocycles. The Labute approximate surface area is 176 Å². The van der Waals surface area contributed by atoms with Crippen LogP contribution in [0.25, 0.3) is 0 Å². The van der Waals surface area contributed by atoms with E-state index in [-0.39, 0.29) is 29.1 Å². The Balaban J connectivity index is 1.68. The summed E-state index contributed by atoms with van der Waals surface area (Å²) in [5, 5.41) is 4.93. The minimum absolute atomic E-state index is 0.0240. The Hall–Kier alpha value is -4.07. The van der Waals surface area contributed by atoms with Gasteiger partial charge in [-0.1, -0.05) is 42.5 Å². The minimum atomic E-state index is -2.26. The fourth-order valence-electron chi connectivity index (χ4n) is 2.47. The summed E-state index contributed by atoms with van der Waals surface area (Å²) in [6.45, 7) is -1.97. The van der Waals surface area contributed by atoms with Gasteiger partial charge >= 0.3 is 5.97 Å². The molecule has 0 fully saturated rings. The molecule has 0 aliphatic rings. The predicted octanol–water partition coefficient (Wildman–Crippen LogP) is 2.12. The van der Waals surface area contributed by atoms with Crippen molar-refractivity contribution in [1.82, 2.24) is 20.6 Å². The van der Waals surface area contributed by atoms with Crippen molar-refractivity contribution in [2.45, 2.75) is 13.0 Å². The van der Waals surface area contributed by atoms with Crippen molar-refractivity contribution in [2.75, 3.05) is 7.11 Å². The zero-order chi connectivity index (χ0) is 23.1. The van der Waals surface area contributed by atoms with E-state index in [0.29, 0.717) is 0 Å². The number of methoxy groups -OCH3 is 1. The third kappa shape index (κ3) is 5.48. The van der Waals surface area contributed by atoms with E-state index in [9.17, 15) is 14.4 Å². The molecule has 0 spiro atoms. The lowest BCUT2D eigenvalue weighted by Crippen LogP contribution is -2.27. The van der Waals surface area contributed by atoms with Gasteiger partial charge in [0, 0.05) is 19.1 Å². The number of rotatable bonds is 7. The average Bonchev–Trinajstić information content (AvgIpc) is 2.82. The number of benzene rings is 2. The number of hydrogen-bond donors (Lipinski definition) is 2. The molecule has 2 amide bonds. The van der Waals surface area contributed by atoms with E-state index in [2.05, 4.69) is 25.3 Å². The van der Waals surface area contributed by atoms with Gasteiger partial charge in [0.2, 0.25) is 0 Å². The zero-order valence-corrected chi connectivity index (χ0v) is 16.1. The fourth-order valence-corrected chi connectivity index (χ4v) is 2.47. The van der Waals surface area contributed by atoms with Crippen molar-refractivity contribution in [1.29, 1.82) is 0 Å². The molecule has 0 unspecified atom stereocenters. The highest BCUT2D eigenvalue weighted by atomic mass is 16.5. The monoisotopic (exact) mass is 406 g/mol. The second-order valence-electron chi connectivity index (χ2n) is 6.10. The highest BCUT2D eigenvalue weighted by molar-refractivity contribution is 5.97. The average molecular weight is 406 g/mol. The van der Waals surface area contributed by atoms with Crippen LogP contribution in [0.1, 0.15) is 45.2 Å². The Morgan fingerprint density at radius 1 is 0.900 bits per heavy atom. The molecular weight excluding hydrogens is 384 g/mol. The topological polar surface area (TPSA) is 110 Å². The van der Waals surface area contributed by atoms with Crippen molar-refractivity contribution in [2.24, 2.45) is 0 Å². The van der Waals surface area contributed by atoms with E-state index < -0.39 is 24.3 Å². The number of hydrogen-bond acceptors (Lipinski definition) is 6. The quantitative estimate of drug-likeness (QED) is 0.582. The zero-order valence-electron chi connectivity index (χ0n) is 18.1. The van der Waals surface area contributed by atoms with Gasteiger partial charge in [-0.15, -0.1) is 0 Å². The smallest absolute Gasteiger partial charge is 0.337 e. The molecular formula is C22H20N4O4. The van der Waals surface area contributed by atoms with Crippen LogP contribution in [0.3, 0.4) is 0 Å². The summed E-state index contributed by atoms with van der Waals surface area (Å²) < 4.78 is 20.9. The second-order valence-corrected chi connectivity index (χ2v) is 6.10. The van der Waals surface area contributed by atoms with E-state index in [1.165, 1.54) is 37.4 Å².